The van der Waals surface area contributed by atoms with Crippen molar-refractivity contribution in [2.45, 2.75) is 45.4 Å². The van der Waals surface area contributed by atoms with Crippen molar-refractivity contribution in [3.63, 3.8) is 0 Å². The van der Waals surface area contributed by atoms with Crippen LogP contribution >= 0.6 is 0 Å². The molecule has 2 heterocycles. The number of rotatable bonds is 5. The molecule has 1 aliphatic rings. The molecule has 118 valence electrons. The normalized spacial score (nSPS) is 19.3. The largest absolute Gasteiger partial charge is 0.485 e. The lowest BCUT2D eigenvalue weighted by Gasteiger charge is -2.31. The molecule has 0 N–H and O–H groups in total. The molecule has 1 unspecified atom stereocenters. The third kappa shape index (κ3) is 3.82. The molecule has 1 saturated heterocycles. The van der Waals surface area contributed by atoms with Crippen LogP contribution in [0.4, 0.5) is 4.39 Å². The number of ether oxygens (including phenoxy) is 1. The second-order valence-electron chi connectivity index (χ2n) is 5.66. The van der Waals surface area contributed by atoms with Crippen LogP contribution in [0.1, 0.15) is 37.9 Å². The molecule has 0 aliphatic carbocycles. The minimum Gasteiger partial charge on any atom is -0.485 e. The Morgan fingerprint density at radius 1 is 1.32 bits per heavy atom. The molecule has 2 aromatic rings. The summed E-state index contributed by atoms with van der Waals surface area (Å²) < 4.78 is 23.6. The van der Waals surface area contributed by atoms with Gasteiger partial charge in [0.1, 0.15) is 11.6 Å². The van der Waals surface area contributed by atoms with E-state index in [0.29, 0.717) is 30.1 Å². The van der Waals surface area contributed by atoms with Gasteiger partial charge in [0.15, 0.2) is 6.61 Å². The summed E-state index contributed by atoms with van der Waals surface area (Å²) in [4.78, 5) is 6.72. The van der Waals surface area contributed by atoms with Crippen LogP contribution in [0.5, 0.6) is 5.75 Å². The molecule has 0 amide bonds. The number of likely N-dealkylation sites (tertiary alicyclic amines) is 1. The van der Waals surface area contributed by atoms with Crippen LogP contribution in [0.25, 0.3) is 0 Å². The molecule has 5 nitrogen and oxygen atoms in total. The molecular weight excluding hydrogens is 285 g/mol. The van der Waals surface area contributed by atoms with Gasteiger partial charge >= 0.3 is 0 Å². The third-order valence-electron chi connectivity index (χ3n) is 3.97. The van der Waals surface area contributed by atoms with Crippen molar-refractivity contribution in [1.29, 1.82) is 0 Å². The molecule has 1 aliphatic heterocycles. The van der Waals surface area contributed by atoms with E-state index in [-0.39, 0.29) is 12.4 Å². The Kier molecular flexibility index (Phi) is 4.68. The summed E-state index contributed by atoms with van der Waals surface area (Å²) in [6.07, 6.45) is 3.73. The molecule has 6 heteroatoms. The second kappa shape index (κ2) is 6.87. The predicted octanol–water partition coefficient (Wildman–Crippen LogP) is 3.16. The van der Waals surface area contributed by atoms with Crippen LogP contribution < -0.4 is 4.74 Å². The highest BCUT2D eigenvalue weighted by Crippen LogP contribution is 2.18. The fraction of sp³-hybridized carbons (Fsp3) is 0.500. The number of halogens is 1. The summed E-state index contributed by atoms with van der Waals surface area (Å²) in [6, 6.07) is 6.42. The Labute approximate surface area is 129 Å². The van der Waals surface area contributed by atoms with E-state index >= 15 is 0 Å². The first kappa shape index (κ1) is 15.0. The van der Waals surface area contributed by atoms with E-state index in [0.717, 1.165) is 6.54 Å². The maximum absolute atomic E-state index is 12.8. The summed E-state index contributed by atoms with van der Waals surface area (Å²) in [7, 11) is 0. The molecule has 0 radical (unpaired) electrons. The van der Waals surface area contributed by atoms with Crippen LogP contribution in [0.15, 0.2) is 28.8 Å². The first-order valence-corrected chi connectivity index (χ1v) is 7.64. The van der Waals surface area contributed by atoms with Crippen LogP contribution in [-0.4, -0.2) is 27.6 Å². The van der Waals surface area contributed by atoms with Gasteiger partial charge in [-0.3, -0.25) is 4.90 Å². The standard InChI is InChI=1S/C16H20FN3O2/c1-12-4-2-3-9-20(12)10-16-18-15(19-22-16)11-21-14-7-5-13(17)6-8-14/h5-8,12H,2-4,9-11H2,1H3. The van der Waals surface area contributed by atoms with Crippen molar-refractivity contribution in [1.82, 2.24) is 15.0 Å². The van der Waals surface area contributed by atoms with E-state index < -0.39 is 0 Å². The summed E-state index contributed by atoms with van der Waals surface area (Å²) in [5.74, 6) is 1.41. The van der Waals surface area contributed by atoms with Crippen molar-refractivity contribution in [2.75, 3.05) is 6.54 Å². The van der Waals surface area contributed by atoms with Crippen molar-refractivity contribution in [2.24, 2.45) is 0 Å². The van der Waals surface area contributed by atoms with Gasteiger partial charge < -0.3 is 9.26 Å². The SMILES string of the molecule is CC1CCCCN1Cc1nc(COc2ccc(F)cc2)no1. The molecule has 1 fully saturated rings. The van der Waals surface area contributed by atoms with Crippen molar-refractivity contribution in [3.05, 3.63) is 41.8 Å². The fourth-order valence-corrected chi connectivity index (χ4v) is 2.66. The number of hydrogen-bond donors (Lipinski definition) is 0. The molecule has 0 saturated carbocycles. The zero-order chi connectivity index (χ0) is 15.4. The van der Waals surface area contributed by atoms with E-state index in [1.807, 2.05) is 0 Å². The molecule has 0 spiro atoms. The number of hydrogen-bond acceptors (Lipinski definition) is 5. The Hall–Kier alpha value is -1.95. The molecule has 3 rings (SSSR count). The highest BCUT2D eigenvalue weighted by Gasteiger charge is 2.20. The van der Waals surface area contributed by atoms with Gasteiger partial charge in [-0.05, 0) is 50.6 Å². The monoisotopic (exact) mass is 305 g/mol. The van der Waals surface area contributed by atoms with E-state index in [1.54, 1.807) is 12.1 Å². The average molecular weight is 305 g/mol. The van der Waals surface area contributed by atoms with Gasteiger partial charge in [0.25, 0.3) is 0 Å². The molecule has 0 bridgehead atoms. The van der Waals surface area contributed by atoms with E-state index in [1.165, 1.54) is 31.4 Å². The lowest BCUT2D eigenvalue weighted by molar-refractivity contribution is 0.135. The highest BCUT2D eigenvalue weighted by atomic mass is 19.1. The van der Waals surface area contributed by atoms with Gasteiger partial charge in [0.05, 0.1) is 6.54 Å². The maximum atomic E-state index is 12.8. The van der Waals surface area contributed by atoms with Gasteiger partial charge in [-0.2, -0.15) is 4.98 Å². The quantitative estimate of drug-likeness (QED) is 0.849. The summed E-state index contributed by atoms with van der Waals surface area (Å²) >= 11 is 0. The Balaban J connectivity index is 1.53. The van der Waals surface area contributed by atoms with Crippen molar-refractivity contribution in [3.8, 4) is 5.75 Å². The summed E-state index contributed by atoms with van der Waals surface area (Å²) in [5, 5.41) is 3.93. The van der Waals surface area contributed by atoms with E-state index in [9.17, 15) is 4.39 Å². The zero-order valence-electron chi connectivity index (χ0n) is 12.7. The minimum atomic E-state index is -0.287. The molecular formula is C16H20FN3O2. The van der Waals surface area contributed by atoms with Crippen LogP contribution in [0.2, 0.25) is 0 Å². The molecule has 1 atom stereocenters. The number of piperidine rings is 1. The Bertz CT molecular complexity index is 600. The zero-order valence-corrected chi connectivity index (χ0v) is 12.7. The van der Waals surface area contributed by atoms with Gasteiger partial charge in [-0.15, -0.1) is 0 Å². The van der Waals surface area contributed by atoms with Crippen LogP contribution in [-0.2, 0) is 13.2 Å². The summed E-state index contributed by atoms with van der Waals surface area (Å²) in [6.45, 7) is 4.20. The summed E-state index contributed by atoms with van der Waals surface area (Å²) in [5.41, 5.74) is 0. The third-order valence-corrected chi connectivity index (χ3v) is 3.97. The lowest BCUT2D eigenvalue weighted by atomic mass is 10.0. The smallest absolute Gasteiger partial charge is 0.240 e. The topological polar surface area (TPSA) is 51.4 Å². The van der Waals surface area contributed by atoms with Gasteiger partial charge in [0.2, 0.25) is 11.7 Å². The van der Waals surface area contributed by atoms with E-state index in [4.69, 9.17) is 9.26 Å². The molecule has 22 heavy (non-hydrogen) atoms. The Morgan fingerprint density at radius 3 is 2.91 bits per heavy atom. The first-order valence-electron chi connectivity index (χ1n) is 7.64. The van der Waals surface area contributed by atoms with Crippen molar-refractivity contribution < 1.29 is 13.7 Å². The highest BCUT2D eigenvalue weighted by molar-refractivity contribution is 5.22. The number of nitrogens with zero attached hydrogens (tertiary/aromatic N) is 3. The first-order chi connectivity index (χ1) is 10.7. The van der Waals surface area contributed by atoms with E-state index in [2.05, 4.69) is 22.0 Å². The van der Waals surface area contributed by atoms with Crippen molar-refractivity contribution >= 4 is 0 Å². The molecule has 1 aromatic carbocycles. The van der Waals surface area contributed by atoms with Crippen LogP contribution in [0, 0.1) is 5.82 Å². The maximum Gasteiger partial charge on any atom is 0.240 e. The van der Waals surface area contributed by atoms with Crippen LogP contribution in [0.3, 0.4) is 0 Å². The fourth-order valence-electron chi connectivity index (χ4n) is 2.66. The predicted molar refractivity (Wildman–Crippen MR) is 78.8 cm³/mol. The Morgan fingerprint density at radius 2 is 2.14 bits per heavy atom. The van der Waals surface area contributed by atoms with Gasteiger partial charge in [0, 0.05) is 6.04 Å². The molecule has 1 aromatic heterocycles. The number of benzene rings is 1. The van der Waals surface area contributed by atoms with Gasteiger partial charge in [-0.25, -0.2) is 4.39 Å². The average Bonchev–Trinajstić information content (AvgIpc) is 2.97. The lowest BCUT2D eigenvalue weighted by Crippen LogP contribution is -2.36. The minimum absolute atomic E-state index is 0.213. The second-order valence-corrected chi connectivity index (χ2v) is 5.66. The van der Waals surface area contributed by atoms with Gasteiger partial charge in [-0.1, -0.05) is 11.6 Å². The number of aromatic nitrogens is 2.